The first kappa shape index (κ1) is 13.7. The Morgan fingerprint density at radius 2 is 2.19 bits per heavy atom. The van der Waals surface area contributed by atoms with Crippen molar-refractivity contribution in [2.75, 3.05) is 11.2 Å². The second kappa shape index (κ2) is 7.06. The van der Waals surface area contributed by atoms with Crippen LogP contribution in [0.2, 0.25) is 0 Å². The van der Waals surface area contributed by atoms with Gasteiger partial charge in [-0.2, -0.15) is 0 Å². The molecule has 16 heavy (non-hydrogen) atoms. The van der Waals surface area contributed by atoms with E-state index >= 15 is 0 Å². The van der Waals surface area contributed by atoms with Crippen LogP contribution in [0.5, 0.6) is 0 Å². The van der Waals surface area contributed by atoms with Crippen LogP contribution in [0.25, 0.3) is 0 Å². The van der Waals surface area contributed by atoms with Crippen LogP contribution in [0.15, 0.2) is 18.2 Å². The summed E-state index contributed by atoms with van der Waals surface area (Å²) in [5.74, 6) is 0.209. The summed E-state index contributed by atoms with van der Waals surface area (Å²) >= 11 is 7.50. The van der Waals surface area contributed by atoms with Crippen LogP contribution in [0.3, 0.4) is 0 Å². The molecule has 1 rings (SSSR count). The summed E-state index contributed by atoms with van der Waals surface area (Å²) in [4.78, 5) is 11.5. The summed E-state index contributed by atoms with van der Waals surface area (Å²) < 4.78 is 13.5. The van der Waals surface area contributed by atoms with E-state index in [4.69, 9.17) is 11.6 Å². The van der Waals surface area contributed by atoms with Crippen molar-refractivity contribution >= 4 is 45.8 Å². The third-order valence-electron chi connectivity index (χ3n) is 1.99. The van der Waals surface area contributed by atoms with Crippen LogP contribution in [0, 0.1) is 9.39 Å². The molecule has 0 saturated heterocycles. The maximum atomic E-state index is 12.8. The molecule has 0 radical (unpaired) electrons. The first-order chi connectivity index (χ1) is 7.63. The third kappa shape index (κ3) is 4.65. The second-order valence-electron chi connectivity index (χ2n) is 3.32. The number of amides is 1. The van der Waals surface area contributed by atoms with Gasteiger partial charge in [-0.1, -0.05) is 0 Å². The molecule has 0 aliphatic carbocycles. The van der Waals surface area contributed by atoms with E-state index in [0.717, 1.165) is 12.8 Å². The summed E-state index contributed by atoms with van der Waals surface area (Å²) in [6.07, 6.45) is 2.04. The van der Waals surface area contributed by atoms with Crippen molar-refractivity contribution < 1.29 is 9.18 Å². The maximum Gasteiger partial charge on any atom is 0.224 e. The van der Waals surface area contributed by atoms with Crippen molar-refractivity contribution in [2.24, 2.45) is 0 Å². The lowest BCUT2D eigenvalue weighted by Crippen LogP contribution is -2.12. The molecule has 88 valence electrons. The zero-order valence-electron chi connectivity index (χ0n) is 8.60. The highest BCUT2D eigenvalue weighted by atomic mass is 127. The van der Waals surface area contributed by atoms with Crippen molar-refractivity contribution in [3.63, 3.8) is 0 Å². The quantitative estimate of drug-likeness (QED) is 0.486. The number of carbonyl (C=O) groups excluding carboxylic acids is 1. The summed E-state index contributed by atoms with van der Waals surface area (Å²) in [5.41, 5.74) is 0.651. The van der Waals surface area contributed by atoms with Gasteiger partial charge in [-0.05, 0) is 53.6 Å². The number of hydrogen-bond donors (Lipinski definition) is 1. The molecule has 1 aromatic rings. The maximum absolute atomic E-state index is 12.8. The van der Waals surface area contributed by atoms with Crippen LogP contribution in [0.4, 0.5) is 10.1 Å². The molecule has 0 atom stereocenters. The Labute approximate surface area is 113 Å². The highest BCUT2D eigenvalue weighted by molar-refractivity contribution is 14.1. The molecule has 5 heteroatoms. The summed E-state index contributed by atoms with van der Waals surface area (Å²) in [5, 5.41) is 2.74. The monoisotopic (exact) mass is 355 g/mol. The minimum absolute atomic E-state index is 0.0605. The van der Waals surface area contributed by atoms with Crippen LogP contribution >= 0.6 is 34.2 Å². The molecule has 1 amide bonds. The number of unbranched alkanes of at least 4 members (excludes halogenated alkanes) is 1. The van der Waals surface area contributed by atoms with Crippen LogP contribution in [0.1, 0.15) is 19.3 Å². The Hall–Kier alpha value is -0.360. The average molecular weight is 356 g/mol. The SMILES string of the molecule is O=C(CCCCCl)Nc1ccc(F)cc1I. The van der Waals surface area contributed by atoms with Gasteiger partial charge in [0.1, 0.15) is 5.82 Å². The van der Waals surface area contributed by atoms with Gasteiger partial charge in [0.05, 0.1) is 5.69 Å². The fourth-order valence-corrected chi connectivity index (χ4v) is 1.98. The molecule has 0 unspecified atom stereocenters. The normalized spacial score (nSPS) is 10.2. The van der Waals surface area contributed by atoms with E-state index in [-0.39, 0.29) is 11.7 Å². The summed E-state index contributed by atoms with van der Waals surface area (Å²) in [6.45, 7) is 0. The van der Waals surface area contributed by atoms with E-state index in [1.165, 1.54) is 12.1 Å². The number of anilines is 1. The van der Waals surface area contributed by atoms with Crippen molar-refractivity contribution in [3.05, 3.63) is 27.6 Å². The van der Waals surface area contributed by atoms with Gasteiger partial charge in [-0.3, -0.25) is 4.79 Å². The number of benzene rings is 1. The van der Waals surface area contributed by atoms with E-state index in [9.17, 15) is 9.18 Å². The predicted molar refractivity (Wildman–Crippen MR) is 72.3 cm³/mol. The lowest BCUT2D eigenvalue weighted by Gasteiger charge is -2.06. The van der Waals surface area contributed by atoms with Crippen molar-refractivity contribution in [2.45, 2.75) is 19.3 Å². The number of alkyl halides is 1. The molecule has 1 N–H and O–H groups in total. The van der Waals surface area contributed by atoms with Gasteiger partial charge in [0, 0.05) is 15.9 Å². The first-order valence-electron chi connectivity index (χ1n) is 4.94. The average Bonchev–Trinajstić information content (AvgIpc) is 2.23. The van der Waals surface area contributed by atoms with Crippen LogP contribution in [-0.2, 0) is 4.79 Å². The van der Waals surface area contributed by atoms with Gasteiger partial charge in [-0.25, -0.2) is 4.39 Å². The van der Waals surface area contributed by atoms with Crippen molar-refractivity contribution in [3.8, 4) is 0 Å². The Kier molecular flexibility index (Phi) is 6.05. The lowest BCUT2D eigenvalue weighted by molar-refractivity contribution is -0.116. The lowest BCUT2D eigenvalue weighted by atomic mass is 10.2. The molecule has 0 heterocycles. The van der Waals surface area contributed by atoms with Crippen molar-refractivity contribution in [1.29, 1.82) is 0 Å². The molecular weight excluding hydrogens is 343 g/mol. The van der Waals surface area contributed by atoms with E-state index in [1.54, 1.807) is 6.07 Å². The van der Waals surface area contributed by atoms with E-state index in [0.29, 0.717) is 21.6 Å². The fourth-order valence-electron chi connectivity index (χ4n) is 1.18. The fraction of sp³-hybridized carbons (Fsp3) is 0.364. The second-order valence-corrected chi connectivity index (χ2v) is 4.86. The highest BCUT2D eigenvalue weighted by Crippen LogP contribution is 2.19. The minimum atomic E-state index is -0.301. The minimum Gasteiger partial charge on any atom is -0.325 e. The summed E-state index contributed by atoms with van der Waals surface area (Å²) in [7, 11) is 0. The first-order valence-corrected chi connectivity index (χ1v) is 6.55. The summed E-state index contributed by atoms with van der Waals surface area (Å²) in [6, 6.07) is 4.28. The van der Waals surface area contributed by atoms with Gasteiger partial charge in [0.15, 0.2) is 0 Å². The Morgan fingerprint density at radius 3 is 2.81 bits per heavy atom. The Bertz CT molecular complexity index is 373. The largest absolute Gasteiger partial charge is 0.325 e. The Balaban J connectivity index is 2.49. The number of nitrogens with one attached hydrogen (secondary N) is 1. The number of hydrogen-bond acceptors (Lipinski definition) is 1. The molecule has 0 aliphatic rings. The highest BCUT2D eigenvalue weighted by Gasteiger charge is 2.05. The van der Waals surface area contributed by atoms with Crippen molar-refractivity contribution in [1.82, 2.24) is 0 Å². The standard InChI is InChI=1S/C11H12ClFINO/c12-6-2-1-3-11(16)15-10-5-4-8(13)7-9(10)14/h4-5,7H,1-3,6H2,(H,15,16). The molecule has 1 aromatic carbocycles. The van der Waals surface area contributed by atoms with Gasteiger partial charge in [0.2, 0.25) is 5.91 Å². The van der Waals surface area contributed by atoms with Crippen LogP contribution in [-0.4, -0.2) is 11.8 Å². The van der Waals surface area contributed by atoms with Gasteiger partial charge >= 0.3 is 0 Å². The molecule has 0 aliphatic heterocycles. The molecule has 0 fully saturated rings. The smallest absolute Gasteiger partial charge is 0.224 e. The number of carbonyl (C=O) groups is 1. The van der Waals surface area contributed by atoms with E-state index in [1.807, 2.05) is 22.6 Å². The predicted octanol–water partition coefficient (Wildman–Crippen LogP) is 3.78. The topological polar surface area (TPSA) is 29.1 Å². The molecule has 0 bridgehead atoms. The molecule has 0 saturated carbocycles. The third-order valence-corrected chi connectivity index (χ3v) is 3.15. The van der Waals surface area contributed by atoms with Gasteiger partial charge in [0.25, 0.3) is 0 Å². The van der Waals surface area contributed by atoms with Crippen LogP contribution < -0.4 is 5.32 Å². The zero-order chi connectivity index (χ0) is 12.0. The number of rotatable bonds is 5. The van der Waals surface area contributed by atoms with Gasteiger partial charge < -0.3 is 5.32 Å². The Morgan fingerprint density at radius 1 is 1.44 bits per heavy atom. The number of halogens is 3. The molecule has 2 nitrogen and oxygen atoms in total. The van der Waals surface area contributed by atoms with Gasteiger partial charge in [-0.15, -0.1) is 11.6 Å². The molecule has 0 spiro atoms. The molecular formula is C11H12ClFINO. The van der Waals surface area contributed by atoms with E-state index in [2.05, 4.69) is 5.32 Å². The van der Waals surface area contributed by atoms with E-state index < -0.39 is 0 Å². The zero-order valence-corrected chi connectivity index (χ0v) is 11.5. The molecule has 0 aromatic heterocycles.